The number of ether oxygens (including phenoxy) is 1. The lowest BCUT2D eigenvalue weighted by atomic mass is 10.1. The van der Waals surface area contributed by atoms with Crippen LogP contribution in [0.2, 0.25) is 5.02 Å². The summed E-state index contributed by atoms with van der Waals surface area (Å²) in [5.74, 6) is -0.814. The number of aromatic amines is 1. The lowest BCUT2D eigenvalue weighted by Gasteiger charge is -2.26. The van der Waals surface area contributed by atoms with E-state index in [1.807, 2.05) is 18.2 Å². The van der Waals surface area contributed by atoms with Crippen molar-refractivity contribution in [1.82, 2.24) is 9.88 Å². The first-order chi connectivity index (χ1) is 17.5. The number of amides is 1. The number of benzene rings is 3. The Morgan fingerprint density at radius 2 is 1.69 bits per heavy atom. The van der Waals surface area contributed by atoms with Gasteiger partial charge in [0.1, 0.15) is 11.4 Å². The molecule has 0 atom stereocenters. The number of nitrogens with one attached hydrogen (secondary N) is 1. The van der Waals surface area contributed by atoms with Crippen molar-refractivity contribution in [3.8, 4) is 0 Å². The molecular weight excluding hydrogens is 481 g/mol. The maximum absolute atomic E-state index is 13.7. The second-order valence-electron chi connectivity index (χ2n) is 8.79. The van der Waals surface area contributed by atoms with E-state index in [1.165, 1.54) is 23.2 Å². The van der Waals surface area contributed by atoms with E-state index in [1.54, 1.807) is 36.4 Å². The lowest BCUT2D eigenvalue weighted by molar-refractivity contribution is 0.0342. The fourth-order valence-electron chi connectivity index (χ4n) is 4.36. The van der Waals surface area contributed by atoms with Crippen LogP contribution in [0.15, 0.2) is 77.7 Å². The molecule has 0 bridgehead atoms. The van der Waals surface area contributed by atoms with E-state index in [2.05, 4.69) is 9.88 Å². The van der Waals surface area contributed by atoms with Gasteiger partial charge in [-0.15, -0.1) is 0 Å². The Morgan fingerprint density at radius 1 is 1.00 bits per heavy atom. The Hall–Kier alpha value is -3.52. The molecule has 1 N–H and O–H groups in total. The highest BCUT2D eigenvalue weighted by molar-refractivity contribution is 6.30. The van der Waals surface area contributed by atoms with Crippen LogP contribution in [0.4, 0.5) is 10.1 Å². The zero-order valence-corrected chi connectivity index (χ0v) is 20.3. The molecule has 1 aliphatic rings. The molecule has 3 aromatic carbocycles. The quantitative estimate of drug-likeness (QED) is 0.400. The molecule has 0 radical (unpaired) electrons. The minimum Gasteiger partial charge on any atom is -0.379 e. The summed E-state index contributed by atoms with van der Waals surface area (Å²) in [6.45, 7) is 3.94. The van der Waals surface area contributed by atoms with Gasteiger partial charge in [0.2, 0.25) is 5.43 Å². The van der Waals surface area contributed by atoms with Crippen LogP contribution in [-0.4, -0.2) is 42.1 Å². The number of hydrogen-bond donors (Lipinski definition) is 1. The third kappa shape index (κ3) is 5.33. The summed E-state index contributed by atoms with van der Waals surface area (Å²) in [5, 5.41) is 0.994. The number of carbonyl (C=O) groups is 1. The smallest absolute Gasteiger partial charge is 0.264 e. The van der Waals surface area contributed by atoms with Crippen molar-refractivity contribution >= 4 is 34.1 Å². The van der Waals surface area contributed by atoms with Gasteiger partial charge in [-0.3, -0.25) is 14.5 Å². The lowest BCUT2D eigenvalue weighted by Crippen LogP contribution is -2.35. The molecule has 0 spiro atoms. The van der Waals surface area contributed by atoms with E-state index in [4.69, 9.17) is 16.3 Å². The molecule has 0 unspecified atom stereocenters. The molecule has 0 aliphatic carbocycles. The average molecular weight is 506 g/mol. The number of hydrogen-bond acceptors (Lipinski definition) is 4. The summed E-state index contributed by atoms with van der Waals surface area (Å²) in [7, 11) is 0. The number of halogens is 2. The van der Waals surface area contributed by atoms with Crippen molar-refractivity contribution in [2.24, 2.45) is 0 Å². The molecule has 8 heteroatoms. The Morgan fingerprint density at radius 3 is 2.42 bits per heavy atom. The fraction of sp³-hybridized carbons (Fsp3) is 0.214. The van der Waals surface area contributed by atoms with E-state index in [-0.39, 0.29) is 23.4 Å². The molecule has 5 rings (SSSR count). The number of H-pyrrole nitrogens is 1. The van der Waals surface area contributed by atoms with Gasteiger partial charge in [0.25, 0.3) is 5.91 Å². The first-order valence-electron chi connectivity index (χ1n) is 11.7. The molecule has 1 aliphatic heterocycles. The van der Waals surface area contributed by atoms with Crippen molar-refractivity contribution in [3.63, 3.8) is 0 Å². The standard InChI is InChI=1S/C28H25ClFN3O3/c29-21-4-8-23(9-5-21)33(18-19-1-6-22(30)7-2-19)28(35)25-16-31-26-10-3-20(15-24(26)27(25)34)17-32-11-13-36-14-12-32/h1-10,15-16H,11-14,17-18H2,(H,31,34). The molecule has 1 fully saturated rings. The third-order valence-corrected chi connectivity index (χ3v) is 6.57. The third-order valence-electron chi connectivity index (χ3n) is 6.32. The summed E-state index contributed by atoms with van der Waals surface area (Å²) < 4.78 is 18.9. The van der Waals surface area contributed by atoms with Gasteiger partial charge in [-0.1, -0.05) is 29.8 Å². The van der Waals surface area contributed by atoms with Crippen molar-refractivity contribution < 1.29 is 13.9 Å². The van der Waals surface area contributed by atoms with Crippen LogP contribution in [0.5, 0.6) is 0 Å². The number of pyridine rings is 1. The molecule has 2 heterocycles. The average Bonchev–Trinajstić information content (AvgIpc) is 2.90. The van der Waals surface area contributed by atoms with Gasteiger partial charge in [-0.2, -0.15) is 0 Å². The monoisotopic (exact) mass is 505 g/mol. The van der Waals surface area contributed by atoms with Crippen LogP contribution in [0.3, 0.4) is 0 Å². The summed E-state index contributed by atoms with van der Waals surface area (Å²) in [6, 6.07) is 18.5. The summed E-state index contributed by atoms with van der Waals surface area (Å²) in [5.41, 5.74) is 2.66. The van der Waals surface area contributed by atoms with Crippen LogP contribution >= 0.6 is 11.6 Å². The van der Waals surface area contributed by atoms with E-state index in [0.717, 1.165) is 24.2 Å². The number of anilines is 1. The number of carbonyl (C=O) groups excluding carboxylic acids is 1. The predicted molar refractivity (Wildman–Crippen MR) is 139 cm³/mol. The van der Waals surface area contributed by atoms with Gasteiger partial charge in [-0.25, -0.2) is 4.39 Å². The maximum atomic E-state index is 13.7. The van der Waals surface area contributed by atoms with E-state index in [9.17, 15) is 14.0 Å². The second kappa shape index (κ2) is 10.6. The zero-order chi connectivity index (χ0) is 25.1. The molecule has 36 heavy (non-hydrogen) atoms. The largest absolute Gasteiger partial charge is 0.379 e. The Kier molecular flexibility index (Phi) is 7.13. The summed E-state index contributed by atoms with van der Waals surface area (Å²) in [6.07, 6.45) is 1.46. The number of rotatable bonds is 6. The van der Waals surface area contributed by atoms with Crippen molar-refractivity contribution in [2.45, 2.75) is 13.1 Å². The minimum atomic E-state index is -0.455. The van der Waals surface area contributed by atoms with Crippen molar-refractivity contribution in [3.05, 3.63) is 111 Å². The number of aromatic nitrogens is 1. The van der Waals surface area contributed by atoms with Gasteiger partial charge in [0, 0.05) is 47.4 Å². The Labute approximate surface area is 212 Å². The van der Waals surface area contributed by atoms with Crippen LogP contribution in [0, 0.1) is 5.82 Å². The fourth-order valence-corrected chi connectivity index (χ4v) is 4.49. The van der Waals surface area contributed by atoms with E-state index in [0.29, 0.717) is 41.4 Å². The molecule has 1 amide bonds. The molecule has 1 saturated heterocycles. The Balaban J connectivity index is 1.50. The predicted octanol–water partition coefficient (Wildman–Crippen LogP) is 5.00. The van der Waals surface area contributed by atoms with E-state index < -0.39 is 5.91 Å². The maximum Gasteiger partial charge on any atom is 0.264 e. The topological polar surface area (TPSA) is 65.6 Å². The zero-order valence-electron chi connectivity index (χ0n) is 19.5. The first kappa shape index (κ1) is 24.2. The highest BCUT2D eigenvalue weighted by atomic mass is 35.5. The van der Waals surface area contributed by atoms with Gasteiger partial charge >= 0.3 is 0 Å². The van der Waals surface area contributed by atoms with Crippen LogP contribution in [-0.2, 0) is 17.8 Å². The number of morpholine rings is 1. The molecule has 6 nitrogen and oxygen atoms in total. The van der Waals surface area contributed by atoms with Gasteiger partial charge in [0.15, 0.2) is 0 Å². The molecule has 184 valence electrons. The van der Waals surface area contributed by atoms with E-state index >= 15 is 0 Å². The molecule has 0 saturated carbocycles. The SMILES string of the molecule is O=C(c1c[nH]c2ccc(CN3CCOCC3)cc2c1=O)N(Cc1ccc(F)cc1)c1ccc(Cl)cc1. The highest BCUT2D eigenvalue weighted by Crippen LogP contribution is 2.23. The highest BCUT2D eigenvalue weighted by Gasteiger charge is 2.22. The normalized spacial score (nSPS) is 14.2. The van der Waals surface area contributed by atoms with Gasteiger partial charge < -0.3 is 14.6 Å². The second-order valence-corrected chi connectivity index (χ2v) is 9.23. The van der Waals surface area contributed by atoms with Gasteiger partial charge in [0.05, 0.1) is 19.8 Å². The molecular formula is C28H25ClFN3O3. The first-order valence-corrected chi connectivity index (χ1v) is 12.1. The summed E-state index contributed by atoms with van der Waals surface area (Å²) in [4.78, 5) is 34.2. The number of nitrogens with zero attached hydrogens (tertiary/aromatic N) is 2. The molecule has 4 aromatic rings. The molecule has 1 aromatic heterocycles. The van der Waals surface area contributed by atoms with Crippen molar-refractivity contribution in [2.75, 3.05) is 31.2 Å². The van der Waals surface area contributed by atoms with Crippen molar-refractivity contribution in [1.29, 1.82) is 0 Å². The van der Waals surface area contributed by atoms with Crippen LogP contribution in [0.25, 0.3) is 10.9 Å². The Bertz CT molecular complexity index is 1430. The van der Waals surface area contributed by atoms with Crippen LogP contribution < -0.4 is 10.3 Å². The number of fused-ring (bicyclic) bond motifs is 1. The van der Waals surface area contributed by atoms with Gasteiger partial charge in [-0.05, 0) is 59.7 Å². The summed E-state index contributed by atoms with van der Waals surface area (Å²) >= 11 is 6.06. The van der Waals surface area contributed by atoms with Crippen LogP contribution in [0.1, 0.15) is 21.5 Å². The minimum absolute atomic E-state index is 0.0306.